The highest BCUT2D eigenvalue weighted by molar-refractivity contribution is 6.36. The van der Waals surface area contributed by atoms with Gasteiger partial charge in [0.1, 0.15) is 0 Å². The number of amides is 1. The largest absolute Gasteiger partial charge is 0.321 e. The lowest BCUT2D eigenvalue weighted by Gasteiger charge is -1.98. The number of alkyl halides is 1. The average Bonchev–Trinajstić information content (AvgIpc) is 2.96. The zero-order valence-corrected chi connectivity index (χ0v) is 11.9. The Labute approximate surface area is 126 Å². The number of nitrogens with one attached hydrogen (secondary N) is 1. The molecule has 0 bridgehead atoms. The molecule has 0 saturated carbocycles. The van der Waals surface area contributed by atoms with Gasteiger partial charge in [-0.05, 0) is 18.2 Å². The number of anilines is 1. The van der Waals surface area contributed by atoms with Crippen molar-refractivity contribution in [2.45, 2.75) is 6.54 Å². The van der Waals surface area contributed by atoms with Crippen molar-refractivity contribution in [3.05, 3.63) is 46.7 Å². The van der Waals surface area contributed by atoms with Gasteiger partial charge in [0, 0.05) is 33.8 Å². The molecule has 0 fully saturated rings. The minimum atomic E-state index is -0.132. The van der Waals surface area contributed by atoms with E-state index in [9.17, 15) is 4.79 Å². The van der Waals surface area contributed by atoms with Crippen LogP contribution in [-0.2, 0) is 11.3 Å². The maximum Gasteiger partial charge on any atom is 0.256 e. The third-order valence-corrected chi connectivity index (χ3v) is 3.45. The summed E-state index contributed by atoms with van der Waals surface area (Å²) in [6.07, 6.45) is 5.38. The molecule has 1 amide bonds. The summed E-state index contributed by atoms with van der Waals surface area (Å²) in [5.74, 6) is 0.367. The van der Waals surface area contributed by atoms with Gasteiger partial charge in [-0.2, -0.15) is 5.10 Å². The number of hydrogen-bond acceptors (Lipinski definition) is 2. The predicted molar refractivity (Wildman–Crippen MR) is 80.9 cm³/mol. The van der Waals surface area contributed by atoms with Crippen molar-refractivity contribution < 1.29 is 4.79 Å². The molecule has 102 valence electrons. The second-order valence-electron chi connectivity index (χ2n) is 4.43. The van der Waals surface area contributed by atoms with Crippen LogP contribution in [0.3, 0.4) is 0 Å². The van der Waals surface area contributed by atoms with Gasteiger partial charge in [-0.25, -0.2) is 0 Å². The van der Waals surface area contributed by atoms with Crippen LogP contribution < -0.4 is 5.32 Å². The average molecular weight is 308 g/mol. The second-order valence-corrected chi connectivity index (χ2v) is 5.24. The number of aromatic nitrogens is 2. The van der Waals surface area contributed by atoms with E-state index in [0.717, 1.165) is 16.8 Å². The van der Waals surface area contributed by atoms with Gasteiger partial charge < -0.3 is 5.32 Å². The first-order chi connectivity index (χ1) is 9.67. The Balaban J connectivity index is 1.97. The van der Waals surface area contributed by atoms with Crippen LogP contribution in [0.25, 0.3) is 11.6 Å². The number of fused-ring (bicyclic) bond motifs is 1. The highest BCUT2D eigenvalue weighted by Crippen LogP contribution is 2.34. The summed E-state index contributed by atoms with van der Waals surface area (Å²) in [5, 5.41) is 7.58. The van der Waals surface area contributed by atoms with Gasteiger partial charge in [-0.3, -0.25) is 9.48 Å². The van der Waals surface area contributed by atoms with Crippen molar-refractivity contribution in [1.82, 2.24) is 9.78 Å². The lowest BCUT2D eigenvalue weighted by molar-refractivity contribution is -0.110. The summed E-state index contributed by atoms with van der Waals surface area (Å²) in [7, 11) is 0. The fourth-order valence-electron chi connectivity index (χ4n) is 2.14. The molecular weight excluding hydrogens is 297 g/mol. The van der Waals surface area contributed by atoms with E-state index < -0.39 is 0 Å². The van der Waals surface area contributed by atoms with E-state index in [1.54, 1.807) is 23.0 Å². The standard InChI is InChI=1S/C14H11Cl2N3O/c15-3-4-19-8-9(7-17-19)5-12-11-2-1-10(16)6-13(11)18-14(12)20/h1-2,5-8H,3-4H2,(H,18,20). The predicted octanol–water partition coefficient (Wildman–Crippen LogP) is 3.27. The number of aryl methyl sites for hydroxylation is 1. The van der Waals surface area contributed by atoms with Crippen molar-refractivity contribution in [2.24, 2.45) is 0 Å². The summed E-state index contributed by atoms with van der Waals surface area (Å²) in [6, 6.07) is 5.35. The fraction of sp³-hybridized carbons (Fsp3) is 0.143. The molecular formula is C14H11Cl2N3O. The Kier molecular flexibility index (Phi) is 3.51. The van der Waals surface area contributed by atoms with E-state index in [0.29, 0.717) is 23.0 Å². The number of carbonyl (C=O) groups excluding carboxylic acids is 1. The zero-order chi connectivity index (χ0) is 14.1. The first-order valence-corrected chi connectivity index (χ1v) is 7.00. The van der Waals surface area contributed by atoms with Gasteiger partial charge in [0.25, 0.3) is 5.91 Å². The molecule has 0 unspecified atom stereocenters. The van der Waals surface area contributed by atoms with Crippen LogP contribution in [0.15, 0.2) is 30.6 Å². The minimum absolute atomic E-state index is 0.132. The van der Waals surface area contributed by atoms with E-state index in [1.165, 1.54) is 0 Å². The summed E-state index contributed by atoms with van der Waals surface area (Å²) in [5.41, 5.74) is 3.07. The van der Waals surface area contributed by atoms with Crippen molar-refractivity contribution in [3.8, 4) is 0 Å². The van der Waals surface area contributed by atoms with Crippen LogP contribution >= 0.6 is 23.2 Å². The fourth-order valence-corrected chi connectivity index (χ4v) is 2.48. The molecule has 1 aliphatic rings. The molecule has 3 rings (SSSR count). The Morgan fingerprint density at radius 2 is 2.25 bits per heavy atom. The number of benzene rings is 1. The van der Waals surface area contributed by atoms with Crippen molar-refractivity contribution in [2.75, 3.05) is 11.2 Å². The summed E-state index contributed by atoms with van der Waals surface area (Å²) in [4.78, 5) is 12.0. The maximum atomic E-state index is 12.0. The third-order valence-electron chi connectivity index (χ3n) is 3.04. The molecule has 0 aliphatic carbocycles. The Morgan fingerprint density at radius 3 is 3.05 bits per heavy atom. The van der Waals surface area contributed by atoms with Crippen LogP contribution in [0.5, 0.6) is 0 Å². The molecule has 2 heterocycles. The molecule has 1 aliphatic heterocycles. The van der Waals surface area contributed by atoms with Gasteiger partial charge in [-0.1, -0.05) is 17.7 Å². The molecule has 0 saturated heterocycles. The lowest BCUT2D eigenvalue weighted by atomic mass is 10.1. The molecule has 1 aromatic carbocycles. The first kappa shape index (κ1) is 13.2. The topological polar surface area (TPSA) is 46.9 Å². The molecule has 0 spiro atoms. The molecule has 6 heteroatoms. The summed E-state index contributed by atoms with van der Waals surface area (Å²) >= 11 is 11.6. The van der Waals surface area contributed by atoms with Crippen LogP contribution in [0, 0.1) is 0 Å². The maximum absolute atomic E-state index is 12.0. The number of carbonyl (C=O) groups is 1. The second kappa shape index (κ2) is 5.31. The number of nitrogens with zero attached hydrogens (tertiary/aromatic N) is 2. The van der Waals surface area contributed by atoms with Gasteiger partial charge in [0.05, 0.1) is 18.4 Å². The van der Waals surface area contributed by atoms with Gasteiger partial charge >= 0.3 is 0 Å². The first-order valence-electron chi connectivity index (χ1n) is 6.09. The summed E-state index contributed by atoms with van der Waals surface area (Å²) < 4.78 is 1.75. The highest BCUT2D eigenvalue weighted by Gasteiger charge is 2.24. The van der Waals surface area contributed by atoms with E-state index in [2.05, 4.69) is 10.4 Å². The van der Waals surface area contributed by atoms with E-state index >= 15 is 0 Å². The number of hydrogen-bond donors (Lipinski definition) is 1. The van der Waals surface area contributed by atoms with Crippen molar-refractivity contribution in [3.63, 3.8) is 0 Å². The zero-order valence-electron chi connectivity index (χ0n) is 10.4. The van der Waals surface area contributed by atoms with Gasteiger partial charge in [0.2, 0.25) is 0 Å². The highest BCUT2D eigenvalue weighted by atomic mass is 35.5. The van der Waals surface area contributed by atoms with Crippen molar-refractivity contribution in [1.29, 1.82) is 0 Å². The Bertz CT molecular complexity index is 706. The number of rotatable bonds is 3. The molecule has 1 aromatic heterocycles. The SMILES string of the molecule is O=C1Nc2cc(Cl)ccc2C1=Cc1cnn(CCCl)c1. The summed E-state index contributed by atoms with van der Waals surface area (Å²) in [6.45, 7) is 0.642. The molecule has 0 radical (unpaired) electrons. The molecule has 1 N–H and O–H groups in total. The molecule has 4 nitrogen and oxygen atoms in total. The Morgan fingerprint density at radius 1 is 1.40 bits per heavy atom. The smallest absolute Gasteiger partial charge is 0.256 e. The third kappa shape index (κ3) is 2.44. The normalized spacial score (nSPS) is 15.5. The van der Waals surface area contributed by atoms with Crippen LogP contribution in [-0.4, -0.2) is 21.6 Å². The molecule has 2 aromatic rings. The minimum Gasteiger partial charge on any atom is -0.321 e. The molecule has 20 heavy (non-hydrogen) atoms. The van der Waals surface area contributed by atoms with E-state index in [1.807, 2.05) is 18.3 Å². The van der Waals surface area contributed by atoms with Crippen molar-refractivity contribution >= 4 is 46.4 Å². The number of halogens is 2. The van der Waals surface area contributed by atoms with Crippen LogP contribution in [0.4, 0.5) is 5.69 Å². The quantitative estimate of drug-likeness (QED) is 0.699. The van der Waals surface area contributed by atoms with Crippen LogP contribution in [0.1, 0.15) is 11.1 Å². The molecule has 0 atom stereocenters. The lowest BCUT2D eigenvalue weighted by Crippen LogP contribution is -2.03. The van der Waals surface area contributed by atoms with Gasteiger partial charge in [0.15, 0.2) is 0 Å². The van der Waals surface area contributed by atoms with E-state index in [4.69, 9.17) is 23.2 Å². The van der Waals surface area contributed by atoms with E-state index in [-0.39, 0.29) is 5.91 Å². The van der Waals surface area contributed by atoms with Gasteiger partial charge in [-0.15, -0.1) is 11.6 Å². The van der Waals surface area contributed by atoms with Crippen LogP contribution in [0.2, 0.25) is 5.02 Å². The Hall–Kier alpha value is -1.78. The monoisotopic (exact) mass is 307 g/mol.